The van der Waals surface area contributed by atoms with Crippen molar-refractivity contribution in [1.29, 1.82) is 5.26 Å². The van der Waals surface area contributed by atoms with E-state index >= 15 is 0 Å². The van der Waals surface area contributed by atoms with Crippen LogP contribution in [-0.2, 0) is 11.2 Å². The molecule has 0 aliphatic carbocycles. The smallest absolute Gasteiger partial charge is 0.151 e. The maximum atomic E-state index is 13.0. The number of ketones is 1. The molecular formula is C10H8FNO. The molecular weight excluding hydrogens is 169 g/mol. The third kappa shape index (κ3) is 2.68. The molecule has 13 heavy (non-hydrogen) atoms. The Balaban J connectivity index is 2.70. The predicted molar refractivity (Wildman–Crippen MR) is 45.3 cm³/mol. The molecule has 0 saturated carbocycles. The van der Waals surface area contributed by atoms with Gasteiger partial charge in [-0.2, -0.15) is 5.26 Å². The highest BCUT2D eigenvalue weighted by Gasteiger charge is 2.06. The van der Waals surface area contributed by atoms with Crippen LogP contribution in [0.25, 0.3) is 0 Å². The number of halogens is 1. The highest BCUT2D eigenvalue weighted by molar-refractivity contribution is 5.82. The first kappa shape index (κ1) is 9.40. The van der Waals surface area contributed by atoms with E-state index in [-0.39, 0.29) is 18.6 Å². The van der Waals surface area contributed by atoms with Crippen molar-refractivity contribution in [2.24, 2.45) is 0 Å². The molecule has 2 nitrogen and oxygen atoms in total. The molecule has 0 fully saturated rings. The molecule has 0 radical (unpaired) electrons. The molecule has 0 aromatic heterocycles. The Hall–Kier alpha value is -1.69. The molecule has 1 aromatic rings. The summed E-state index contributed by atoms with van der Waals surface area (Å²) in [6.07, 6.45) is -0.158. The van der Waals surface area contributed by atoms with E-state index in [1.54, 1.807) is 24.3 Å². The summed E-state index contributed by atoms with van der Waals surface area (Å²) >= 11 is 0. The van der Waals surface area contributed by atoms with Crippen molar-refractivity contribution in [2.75, 3.05) is 0 Å². The van der Waals surface area contributed by atoms with Crippen molar-refractivity contribution in [3.8, 4) is 6.07 Å². The summed E-state index contributed by atoms with van der Waals surface area (Å²) in [6, 6.07) is 7.81. The standard InChI is InChI=1S/C10H8FNO/c11-10-4-2-1-3-8(10)7-9(13)5-6-12/h1-4H,5,7H2. The van der Waals surface area contributed by atoms with Crippen molar-refractivity contribution in [2.45, 2.75) is 12.8 Å². The molecule has 0 N–H and O–H groups in total. The van der Waals surface area contributed by atoms with Gasteiger partial charge >= 0.3 is 0 Å². The molecule has 0 aliphatic rings. The van der Waals surface area contributed by atoms with Crippen LogP contribution in [0, 0.1) is 17.1 Å². The number of hydrogen-bond acceptors (Lipinski definition) is 2. The lowest BCUT2D eigenvalue weighted by atomic mass is 10.1. The van der Waals surface area contributed by atoms with E-state index in [4.69, 9.17) is 5.26 Å². The summed E-state index contributed by atoms with van der Waals surface area (Å²) < 4.78 is 13.0. The first-order valence-electron chi connectivity index (χ1n) is 3.86. The minimum Gasteiger partial charge on any atom is -0.298 e. The summed E-state index contributed by atoms with van der Waals surface area (Å²) in [4.78, 5) is 11.0. The van der Waals surface area contributed by atoms with Gasteiger partial charge in [-0.3, -0.25) is 4.79 Å². The summed E-state index contributed by atoms with van der Waals surface area (Å²) in [6.45, 7) is 0. The Morgan fingerprint density at radius 1 is 1.46 bits per heavy atom. The first-order valence-corrected chi connectivity index (χ1v) is 3.86. The van der Waals surface area contributed by atoms with Gasteiger partial charge in [-0.1, -0.05) is 18.2 Å². The Labute approximate surface area is 75.6 Å². The van der Waals surface area contributed by atoms with Gasteiger partial charge in [-0.15, -0.1) is 0 Å². The van der Waals surface area contributed by atoms with Crippen LogP contribution in [0.4, 0.5) is 4.39 Å². The number of hydrogen-bond donors (Lipinski definition) is 0. The SMILES string of the molecule is N#CCC(=O)Cc1ccccc1F. The van der Waals surface area contributed by atoms with Crippen LogP contribution >= 0.6 is 0 Å². The average molecular weight is 177 g/mol. The molecule has 0 heterocycles. The summed E-state index contributed by atoms with van der Waals surface area (Å²) in [7, 11) is 0. The number of carbonyl (C=O) groups is 1. The molecule has 0 bridgehead atoms. The third-order valence-electron chi connectivity index (χ3n) is 1.62. The number of carbonyl (C=O) groups excluding carboxylic acids is 1. The molecule has 1 rings (SSSR count). The molecule has 0 unspecified atom stereocenters. The zero-order valence-corrected chi connectivity index (χ0v) is 6.96. The molecule has 0 atom stereocenters. The molecule has 1 aromatic carbocycles. The van der Waals surface area contributed by atoms with Crippen molar-refractivity contribution >= 4 is 5.78 Å². The fraction of sp³-hybridized carbons (Fsp3) is 0.200. The fourth-order valence-electron chi connectivity index (χ4n) is 1.00. The van der Waals surface area contributed by atoms with Crippen LogP contribution in [-0.4, -0.2) is 5.78 Å². The van der Waals surface area contributed by atoms with Crippen LogP contribution in [0.2, 0.25) is 0 Å². The van der Waals surface area contributed by atoms with Gasteiger partial charge in [0.1, 0.15) is 5.82 Å². The normalized spacial score (nSPS) is 9.23. The van der Waals surface area contributed by atoms with Crippen LogP contribution < -0.4 is 0 Å². The zero-order valence-electron chi connectivity index (χ0n) is 6.96. The number of rotatable bonds is 3. The van der Waals surface area contributed by atoms with Gasteiger partial charge in [-0.25, -0.2) is 4.39 Å². The van der Waals surface area contributed by atoms with E-state index < -0.39 is 5.82 Å². The van der Waals surface area contributed by atoms with Crippen LogP contribution in [0.5, 0.6) is 0 Å². The van der Waals surface area contributed by atoms with Crippen molar-refractivity contribution < 1.29 is 9.18 Å². The van der Waals surface area contributed by atoms with E-state index in [0.29, 0.717) is 5.56 Å². The van der Waals surface area contributed by atoms with Gasteiger partial charge in [0.15, 0.2) is 5.78 Å². The minimum absolute atomic E-state index is 0.000231. The number of Topliss-reactive ketones (excluding diaryl/α,β-unsaturated/α-hetero) is 1. The highest BCUT2D eigenvalue weighted by atomic mass is 19.1. The van der Waals surface area contributed by atoms with Gasteiger partial charge in [-0.05, 0) is 11.6 Å². The Morgan fingerprint density at radius 3 is 2.77 bits per heavy atom. The molecule has 0 aliphatic heterocycles. The van der Waals surface area contributed by atoms with Gasteiger partial charge in [0.2, 0.25) is 0 Å². The van der Waals surface area contributed by atoms with E-state index in [9.17, 15) is 9.18 Å². The number of benzene rings is 1. The summed E-state index contributed by atoms with van der Waals surface area (Å²) in [5.74, 6) is -0.651. The fourth-order valence-corrected chi connectivity index (χ4v) is 1.00. The topological polar surface area (TPSA) is 40.9 Å². The van der Waals surface area contributed by atoms with Crippen molar-refractivity contribution in [1.82, 2.24) is 0 Å². The van der Waals surface area contributed by atoms with Gasteiger partial charge in [0, 0.05) is 6.42 Å². The van der Waals surface area contributed by atoms with E-state index in [2.05, 4.69) is 0 Å². The Kier molecular flexibility index (Phi) is 3.15. The lowest BCUT2D eigenvalue weighted by molar-refractivity contribution is -0.117. The van der Waals surface area contributed by atoms with E-state index in [1.807, 2.05) is 0 Å². The van der Waals surface area contributed by atoms with Crippen molar-refractivity contribution in [3.63, 3.8) is 0 Å². The minimum atomic E-state index is -0.395. The predicted octanol–water partition coefficient (Wildman–Crippen LogP) is 1.85. The van der Waals surface area contributed by atoms with Gasteiger partial charge in [0.25, 0.3) is 0 Å². The molecule has 0 saturated heterocycles. The van der Waals surface area contributed by atoms with Gasteiger partial charge in [0.05, 0.1) is 12.5 Å². The number of nitriles is 1. The lowest BCUT2D eigenvalue weighted by Crippen LogP contribution is -2.02. The second-order valence-electron chi connectivity index (χ2n) is 2.64. The molecule has 0 amide bonds. The van der Waals surface area contributed by atoms with Crippen LogP contribution in [0.15, 0.2) is 24.3 Å². The second-order valence-corrected chi connectivity index (χ2v) is 2.64. The van der Waals surface area contributed by atoms with E-state index in [1.165, 1.54) is 6.07 Å². The highest BCUT2D eigenvalue weighted by Crippen LogP contribution is 2.07. The summed E-state index contributed by atoms with van der Waals surface area (Å²) in [5.41, 5.74) is 0.350. The Bertz CT molecular complexity index is 354. The maximum absolute atomic E-state index is 13.0. The summed E-state index contributed by atoms with van der Waals surface area (Å²) in [5, 5.41) is 8.22. The monoisotopic (exact) mass is 177 g/mol. The van der Waals surface area contributed by atoms with Crippen LogP contribution in [0.1, 0.15) is 12.0 Å². The maximum Gasteiger partial charge on any atom is 0.151 e. The van der Waals surface area contributed by atoms with Crippen molar-refractivity contribution in [3.05, 3.63) is 35.6 Å². The Morgan fingerprint density at radius 2 is 2.15 bits per heavy atom. The van der Waals surface area contributed by atoms with Gasteiger partial charge < -0.3 is 0 Å². The average Bonchev–Trinajstić information content (AvgIpc) is 2.09. The number of nitrogens with zero attached hydrogens (tertiary/aromatic N) is 1. The zero-order chi connectivity index (χ0) is 9.68. The molecule has 0 spiro atoms. The largest absolute Gasteiger partial charge is 0.298 e. The first-order chi connectivity index (χ1) is 6.24. The van der Waals surface area contributed by atoms with E-state index in [0.717, 1.165) is 0 Å². The lowest BCUT2D eigenvalue weighted by Gasteiger charge is -1.98. The van der Waals surface area contributed by atoms with Crippen LogP contribution in [0.3, 0.4) is 0 Å². The second kappa shape index (κ2) is 4.36. The molecule has 66 valence electrons. The quantitative estimate of drug-likeness (QED) is 0.706. The molecule has 3 heteroatoms. The third-order valence-corrected chi connectivity index (χ3v) is 1.62.